The zero-order valence-corrected chi connectivity index (χ0v) is 18.2. The molecule has 26 heavy (non-hydrogen) atoms. The molecule has 1 N–H and O–H groups in total. The molecule has 3 aliphatic rings. The number of imidazole rings is 1. The SMILES string of the molecule is CN=C(NCc1cn2c(n1)CCCC2)N1CCC(OCC2CC2)CC1.I. The van der Waals surface area contributed by atoms with E-state index in [4.69, 9.17) is 9.72 Å². The molecule has 6 nitrogen and oxygen atoms in total. The number of fused-ring (bicyclic) bond motifs is 1. The van der Waals surface area contributed by atoms with Crippen molar-refractivity contribution in [3.8, 4) is 0 Å². The minimum Gasteiger partial charge on any atom is -0.378 e. The summed E-state index contributed by atoms with van der Waals surface area (Å²) in [6.07, 6.45) is 11.2. The largest absolute Gasteiger partial charge is 0.378 e. The van der Waals surface area contributed by atoms with Crippen LogP contribution in [0.3, 0.4) is 0 Å². The Morgan fingerprint density at radius 2 is 2.04 bits per heavy atom. The first-order valence-electron chi connectivity index (χ1n) is 9.94. The van der Waals surface area contributed by atoms with Gasteiger partial charge in [-0.1, -0.05) is 0 Å². The van der Waals surface area contributed by atoms with Gasteiger partial charge in [-0.05, 0) is 44.4 Å². The van der Waals surface area contributed by atoms with Crippen LogP contribution in [0, 0.1) is 5.92 Å². The number of hydrogen-bond acceptors (Lipinski definition) is 3. The minimum atomic E-state index is 0. The molecule has 1 saturated heterocycles. The normalized spacial score (nSPS) is 21.3. The number of halogens is 1. The van der Waals surface area contributed by atoms with Crippen molar-refractivity contribution in [1.29, 1.82) is 0 Å². The summed E-state index contributed by atoms with van der Waals surface area (Å²) in [6, 6.07) is 0. The number of aliphatic imine (C=N–C) groups is 1. The molecule has 0 bridgehead atoms. The summed E-state index contributed by atoms with van der Waals surface area (Å²) < 4.78 is 8.36. The fourth-order valence-corrected chi connectivity index (χ4v) is 3.85. The first kappa shape index (κ1) is 19.9. The lowest BCUT2D eigenvalue weighted by molar-refractivity contribution is 0.0131. The molecule has 0 spiro atoms. The highest BCUT2D eigenvalue weighted by Gasteiger charge is 2.26. The number of hydrogen-bond donors (Lipinski definition) is 1. The second kappa shape index (κ2) is 9.39. The van der Waals surface area contributed by atoms with Crippen molar-refractivity contribution in [2.75, 3.05) is 26.7 Å². The Hall–Kier alpha value is -0.830. The molecule has 0 atom stereocenters. The van der Waals surface area contributed by atoms with Crippen LogP contribution in [0.25, 0.3) is 0 Å². The monoisotopic (exact) mass is 473 g/mol. The van der Waals surface area contributed by atoms with E-state index in [-0.39, 0.29) is 24.0 Å². The Kier molecular flexibility index (Phi) is 7.19. The molecule has 1 aliphatic carbocycles. The molecule has 1 aromatic heterocycles. The van der Waals surface area contributed by atoms with E-state index in [1.54, 1.807) is 0 Å². The van der Waals surface area contributed by atoms with E-state index in [9.17, 15) is 0 Å². The maximum absolute atomic E-state index is 6.04. The molecule has 0 unspecified atom stereocenters. The summed E-state index contributed by atoms with van der Waals surface area (Å²) in [7, 11) is 1.87. The van der Waals surface area contributed by atoms with Gasteiger partial charge in [0.05, 0.1) is 18.3 Å². The van der Waals surface area contributed by atoms with E-state index in [1.807, 2.05) is 7.05 Å². The van der Waals surface area contributed by atoms with Gasteiger partial charge in [-0.15, -0.1) is 24.0 Å². The summed E-state index contributed by atoms with van der Waals surface area (Å²) >= 11 is 0. The fraction of sp³-hybridized carbons (Fsp3) is 0.789. The lowest BCUT2D eigenvalue weighted by atomic mass is 10.1. The highest BCUT2D eigenvalue weighted by atomic mass is 127. The van der Waals surface area contributed by atoms with Crippen molar-refractivity contribution in [3.63, 3.8) is 0 Å². The smallest absolute Gasteiger partial charge is 0.193 e. The third kappa shape index (κ3) is 5.12. The fourth-order valence-electron chi connectivity index (χ4n) is 3.85. The Morgan fingerprint density at radius 3 is 2.73 bits per heavy atom. The van der Waals surface area contributed by atoms with Gasteiger partial charge in [-0.25, -0.2) is 4.98 Å². The number of aromatic nitrogens is 2. The third-order valence-corrected chi connectivity index (χ3v) is 5.60. The molecule has 1 saturated carbocycles. The summed E-state index contributed by atoms with van der Waals surface area (Å²) in [4.78, 5) is 11.6. The minimum absolute atomic E-state index is 0. The lowest BCUT2D eigenvalue weighted by Gasteiger charge is -2.34. The van der Waals surface area contributed by atoms with E-state index >= 15 is 0 Å². The summed E-state index contributed by atoms with van der Waals surface area (Å²) in [5.74, 6) is 3.09. The first-order valence-corrected chi connectivity index (χ1v) is 9.94. The number of rotatable bonds is 5. The molecule has 0 radical (unpaired) electrons. The van der Waals surface area contributed by atoms with Gasteiger partial charge < -0.3 is 19.5 Å². The van der Waals surface area contributed by atoms with Gasteiger partial charge in [0, 0.05) is 45.9 Å². The van der Waals surface area contributed by atoms with Gasteiger partial charge in [0.2, 0.25) is 0 Å². The van der Waals surface area contributed by atoms with Crippen LogP contribution in [0.15, 0.2) is 11.2 Å². The van der Waals surface area contributed by atoms with Crippen molar-refractivity contribution in [3.05, 3.63) is 17.7 Å². The Labute approximate surface area is 173 Å². The number of ether oxygens (including phenoxy) is 1. The number of piperidine rings is 1. The second-order valence-electron chi connectivity index (χ2n) is 7.66. The average molecular weight is 473 g/mol. The van der Waals surface area contributed by atoms with E-state index in [0.717, 1.165) is 69.6 Å². The van der Waals surface area contributed by atoms with Crippen molar-refractivity contribution >= 4 is 29.9 Å². The van der Waals surface area contributed by atoms with Gasteiger partial charge in [0.15, 0.2) is 5.96 Å². The molecule has 2 aliphatic heterocycles. The van der Waals surface area contributed by atoms with Gasteiger partial charge in [-0.3, -0.25) is 4.99 Å². The maximum atomic E-state index is 6.04. The predicted octanol–water partition coefficient (Wildman–Crippen LogP) is 2.80. The molecular weight excluding hydrogens is 441 g/mol. The van der Waals surface area contributed by atoms with E-state index in [1.165, 1.54) is 31.5 Å². The van der Waals surface area contributed by atoms with E-state index in [2.05, 4.69) is 26.0 Å². The number of nitrogens with zero attached hydrogens (tertiary/aromatic N) is 4. The lowest BCUT2D eigenvalue weighted by Crippen LogP contribution is -2.46. The Morgan fingerprint density at radius 1 is 1.23 bits per heavy atom. The zero-order chi connectivity index (χ0) is 17.1. The quantitative estimate of drug-likeness (QED) is 0.406. The summed E-state index contributed by atoms with van der Waals surface area (Å²) in [6.45, 7) is 4.89. The number of likely N-dealkylation sites (tertiary alicyclic amines) is 1. The van der Waals surface area contributed by atoms with Crippen LogP contribution < -0.4 is 5.32 Å². The molecule has 7 heteroatoms. The van der Waals surface area contributed by atoms with E-state index < -0.39 is 0 Å². The first-order chi connectivity index (χ1) is 12.3. The predicted molar refractivity (Wildman–Crippen MR) is 114 cm³/mol. The van der Waals surface area contributed by atoms with Gasteiger partial charge in [0.25, 0.3) is 0 Å². The van der Waals surface area contributed by atoms with Gasteiger partial charge >= 0.3 is 0 Å². The molecule has 4 rings (SSSR count). The highest BCUT2D eigenvalue weighted by molar-refractivity contribution is 14.0. The number of aryl methyl sites for hydroxylation is 2. The Bertz CT molecular complexity index is 582. The number of nitrogens with one attached hydrogen (secondary N) is 1. The van der Waals surface area contributed by atoms with Crippen LogP contribution >= 0.6 is 24.0 Å². The molecule has 146 valence electrons. The molecule has 2 fully saturated rings. The second-order valence-corrected chi connectivity index (χ2v) is 7.66. The topological polar surface area (TPSA) is 54.7 Å². The highest BCUT2D eigenvalue weighted by Crippen LogP contribution is 2.30. The van der Waals surface area contributed by atoms with Gasteiger partial charge in [-0.2, -0.15) is 0 Å². The van der Waals surface area contributed by atoms with E-state index in [0.29, 0.717) is 6.10 Å². The van der Waals surface area contributed by atoms with Crippen LogP contribution in [0.1, 0.15) is 50.0 Å². The van der Waals surface area contributed by atoms with Crippen LogP contribution in [-0.4, -0.2) is 53.3 Å². The molecule has 3 heterocycles. The summed E-state index contributed by atoms with van der Waals surface area (Å²) in [5, 5.41) is 3.50. The van der Waals surface area contributed by atoms with Crippen LogP contribution in [0.4, 0.5) is 0 Å². The van der Waals surface area contributed by atoms with Crippen molar-refractivity contribution in [2.45, 2.75) is 64.1 Å². The molecule has 1 aromatic rings. The molecular formula is C19H32IN5O. The van der Waals surface area contributed by atoms with Gasteiger partial charge in [0.1, 0.15) is 5.82 Å². The van der Waals surface area contributed by atoms with Crippen LogP contribution in [0.5, 0.6) is 0 Å². The average Bonchev–Trinajstić information content (AvgIpc) is 3.39. The zero-order valence-electron chi connectivity index (χ0n) is 15.8. The maximum Gasteiger partial charge on any atom is 0.193 e. The number of guanidine groups is 1. The standard InChI is InChI=1S/C19H31N5O.HI/c1-20-19(21-12-16-13-24-9-3-2-4-18(24)22-16)23-10-7-17(8-11-23)25-14-15-5-6-15;/h13,15,17H,2-12,14H2,1H3,(H,20,21);1H. The molecule has 0 aromatic carbocycles. The third-order valence-electron chi connectivity index (χ3n) is 5.60. The van der Waals surface area contributed by atoms with Crippen molar-refractivity contribution in [2.24, 2.45) is 10.9 Å². The van der Waals surface area contributed by atoms with Crippen LogP contribution in [0.2, 0.25) is 0 Å². The van der Waals surface area contributed by atoms with Crippen LogP contribution in [-0.2, 0) is 24.2 Å². The van der Waals surface area contributed by atoms with Crippen molar-refractivity contribution in [1.82, 2.24) is 19.8 Å². The summed E-state index contributed by atoms with van der Waals surface area (Å²) in [5.41, 5.74) is 1.13. The molecule has 0 amide bonds. The Balaban J connectivity index is 0.00000196. The van der Waals surface area contributed by atoms with Crippen molar-refractivity contribution < 1.29 is 4.74 Å².